The molecule has 0 saturated heterocycles. The van der Waals surface area contributed by atoms with Crippen LogP contribution in [0.1, 0.15) is 37.7 Å². The first kappa shape index (κ1) is 19.0. The fourth-order valence-corrected chi connectivity index (χ4v) is 3.87. The number of rotatable bonds is 5. The van der Waals surface area contributed by atoms with E-state index in [1.807, 2.05) is 0 Å². The molecule has 0 bridgehead atoms. The molecule has 0 spiro atoms. The maximum absolute atomic E-state index is 13.1. The highest BCUT2D eigenvalue weighted by Crippen LogP contribution is 2.17. The highest BCUT2D eigenvalue weighted by molar-refractivity contribution is 5.79. The second-order valence-corrected chi connectivity index (χ2v) is 7.39. The van der Waals surface area contributed by atoms with E-state index in [1.54, 1.807) is 36.7 Å². The summed E-state index contributed by atoms with van der Waals surface area (Å²) in [6, 6.07) is 6.95. The zero-order valence-corrected chi connectivity index (χ0v) is 16.1. The molecule has 8 nitrogen and oxygen atoms in total. The maximum Gasteiger partial charge on any atom is 0.332 e. The van der Waals surface area contributed by atoms with Crippen LogP contribution in [-0.4, -0.2) is 31.1 Å². The Bertz CT molecular complexity index is 1130. The van der Waals surface area contributed by atoms with Gasteiger partial charge in [0.1, 0.15) is 6.54 Å². The summed E-state index contributed by atoms with van der Waals surface area (Å²) in [5, 5.41) is 3.03. The molecule has 3 aromatic heterocycles. The van der Waals surface area contributed by atoms with Crippen molar-refractivity contribution < 1.29 is 4.79 Å². The summed E-state index contributed by atoms with van der Waals surface area (Å²) in [5.41, 5.74) is 0.323. The Balaban J connectivity index is 1.71. The molecule has 3 heterocycles. The maximum atomic E-state index is 13.1. The molecular formula is C21H23N5O3. The molecular weight excluding hydrogens is 370 g/mol. The molecule has 0 aromatic carbocycles. The number of fused-ring (bicyclic) bond motifs is 1. The van der Waals surface area contributed by atoms with Crippen LogP contribution in [0.4, 0.5) is 0 Å². The Morgan fingerprint density at radius 1 is 1.03 bits per heavy atom. The minimum atomic E-state index is -0.522. The van der Waals surface area contributed by atoms with E-state index in [0.717, 1.165) is 35.8 Å². The largest absolute Gasteiger partial charge is 0.352 e. The number of nitrogens with zero attached hydrogens (tertiary/aromatic N) is 4. The lowest BCUT2D eigenvalue weighted by Gasteiger charge is -2.23. The van der Waals surface area contributed by atoms with Gasteiger partial charge in [0, 0.05) is 24.6 Å². The lowest BCUT2D eigenvalue weighted by Crippen LogP contribution is -2.44. The van der Waals surface area contributed by atoms with E-state index in [-0.39, 0.29) is 30.6 Å². The lowest BCUT2D eigenvalue weighted by molar-refractivity contribution is -0.122. The van der Waals surface area contributed by atoms with Crippen LogP contribution in [0.15, 0.2) is 52.4 Å². The molecule has 29 heavy (non-hydrogen) atoms. The van der Waals surface area contributed by atoms with Gasteiger partial charge in [-0.2, -0.15) is 0 Å². The number of hydrogen-bond acceptors (Lipinski definition) is 5. The minimum absolute atomic E-state index is 0.0942. The normalized spacial score (nSPS) is 14.8. The Kier molecular flexibility index (Phi) is 5.50. The first-order chi connectivity index (χ1) is 14.1. The third-order valence-corrected chi connectivity index (χ3v) is 5.35. The molecule has 1 N–H and O–H groups in total. The van der Waals surface area contributed by atoms with Gasteiger partial charge in [-0.25, -0.2) is 9.78 Å². The quantitative estimate of drug-likeness (QED) is 0.707. The fraction of sp³-hybridized carbons (Fsp3) is 0.381. The summed E-state index contributed by atoms with van der Waals surface area (Å²) < 4.78 is 2.46. The van der Waals surface area contributed by atoms with Crippen molar-refractivity contribution in [2.24, 2.45) is 0 Å². The second-order valence-electron chi connectivity index (χ2n) is 7.39. The molecule has 8 heteroatoms. The van der Waals surface area contributed by atoms with Crippen molar-refractivity contribution in [2.75, 3.05) is 0 Å². The molecule has 1 saturated carbocycles. The number of carbonyl (C=O) groups is 1. The van der Waals surface area contributed by atoms with E-state index in [9.17, 15) is 14.4 Å². The molecule has 3 aromatic rings. The molecule has 1 aliphatic carbocycles. The first-order valence-electron chi connectivity index (χ1n) is 9.90. The van der Waals surface area contributed by atoms with Crippen LogP contribution in [0.25, 0.3) is 11.0 Å². The second kappa shape index (κ2) is 8.38. The van der Waals surface area contributed by atoms with Gasteiger partial charge in [-0.1, -0.05) is 19.3 Å². The summed E-state index contributed by atoms with van der Waals surface area (Å²) >= 11 is 0. The number of pyridine rings is 2. The van der Waals surface area contributed by atoms with Crippen LogP contribution < -0.4 is 16.6 Å². The van der Waals surface area contributed by atoms with E-state index in [4.69, 9.17) is 0 Å². The van der Waals surface area contributed by atoms with E-state index in [0.29, 0.717) is 5.52 Å². The number of hydrogen-bond donors (Lipinski definition) is 1. The number of nitrogens with one attached hydrogen (secondary N) is 1. The van der Waals surface area contributed by atoms with Crippen molar-refractivity contribution in [3.63, 3.8) is 0 Å². The monoisotopic (exact) mass is 393 g/mol. The van der Waals surface area contributed by atoms with Crippen LogP contribution in [0.5, 0.6) is 0 Å². The average molecular weight is 393 g/mol. The van der Waals surface area contributed by atoms with Gasteiger partial charge in [0.25, 0.3) is 5.56 Å². The molecule has 0 radical (unpaired) electrons. The summed E-state index contributed by atoms with van der Waals surface area (Å²) in [6.07, 6.45) is 10.1. The SMILES string of the molecule is O=C(Cn1c(=O)n(Cc2ccncc2)c(=O)c2ncccc21)NC1CCCCC1. The highest BCUT2D eigenvalue weighted by atomic mass is 16.2. The number of aromatic nitrogens is 4. The van der Waals surface area contributed by atoms with Crippen LogP contribution in [0.2, 0.25) is 0 Å². The standard InChI is InChI=1S/C21H23N5O3/c27-18(24-16-5-2-1-3-6-16)14-25-17-7-4-10-23-19(17)20(28)26(21(25)29)13-15-8-11-22-12-9-15/h4,7-12,16H,1-3,5-6,13-14H2,(H,24,27). The van der Waals surface area contributed by atoms with Crippen molar-refractivity contribution >= 4 is 16.9 Å². The van der Waals surface area contributed by atoms with Gasteiger partial charge in [0.05, 0.1) is 12.1 Å². The molecule has 4 rings (SSSR count). The van der Waals surface area contributed by atoms with E-state index >= 15 is 0 Å². The summed E-state index contributed by atoms with van der Waals surface area (Å²) in [7, 11) is 0. The summed E-state index contributed by atoms with van der Waals surface area (Å²) in [4.78, 5) is 46.8. The smallest absolute Gasteiger partial charge is 0.332 e. The van der Waals surface area contributed by atoms with E-state index in [1.165, 1.54) is 17.2 Å². The van der Waals surface area contributed by atoms with Crippen molar-refractivity contribution in [2.45, 2.75) is 51.2 Å². The topological polar surface area (TPSA) is 98.9 Å². The fourth-order valence-electron chi connectivity index (χ4n) is 3.87. The van der Waals surface area contributed by atoms with E-state index < -0.39 is 11.2 Å². The molecule has 1 aliphatic rings. The number of amides is 1. The zero-order valence-electron chi connectivity index (χ0n) is 16.1. The average Bonchev–Trinajstić information content (AvgIpc) is 2.75. The highest BCUT2D eigenvalue weighted by Gasteiger charge is 2.19. The molecule has 1 fully saturated rings. The van der Waals surface area contributed by atoms with Crippen molar-refractivity contribution in [1.82, 2.24) is 24.4 Å². The van der Waals surface area contributed by atoms with Crippen LogP contribution >= 0.6 is 0 Å². The predicted molar refractivity (Wildman–Crippen MR) is 109 cm³/mol. The Labute approximate surface area is 167 Å². The van der Waals surface area contributed by atoms with Gasteiger partial charge in [0.15, 0.2) is 5.52 Å². The minimum Gasteiger partial charge on any atom is -0.352 e. The molecule has 0 atom stereocenters. The molecule has 150 valence electrons. The van der Waals surface area contributed by atoms with Crippen LogP contribution in [0.3, 0.4) is 0 Å². The third-order valence-electron chi connectivity index (χ3n) is 5.35. The van der Waals surface area contributed by atoms with Crippen molar-refractivity contribution in [3.8, 4) is 0 Å². The Hall–Kier alpha value is -3.29. The van der Waals surface area contributed by atoms with Crippen molar-refractivity contribution in [1.29, 1.82) is 0 Å². The Morgan fingerprint density at radius 2 is 1.79 bits per heavy atom. The molecule has 0 aliphatic heterocycles. The summed E-state index contributed by atoms with van der Waals surface area (Å²) in [5.74, 6) is -0.224. The molecule has 1 amide bonds. The van der Waals surface area contributed by atoms with Crippen molar-refractivity contribution in [3.05, 3.63) is 69.3 Å². The summed E-state index contributed by atoms with van der Waals surface area (Å²) in [6.45, 7) is -0.0505. The van der Waals surface area contributed by atoms with Crippen LogP contribution in [-0.2, 0) is 17.9 Å². The third kappa shape index (κ3) is 4.11. The van der Waals surface area contributed by atoms with Gasteiger partial charge in [0.2, 0.25) is 5.91 Å². The van der Waals surface area contributed by atoms with Gasteiger partial charge < -0.3 is 5.32 Å². The lowest BCUT2D eigenvalue weighted by atomic mass is 9.95. The predicted octanol–water partition coefficient (Wildman–Crippen LogP) is 1.45. The van der Waals surface area contributed by atoms with Gasteiger partial charge in [-0.3, -0.25) is 23.7 Å². The van der Waals surface area contributed by atoms with Gasteiger partial charge in [-0.15, -0.1) is 0 Å². The zero-order chi connectivity index (χ0) is 20.2. The first-order valence-corrected chi connectivity index (χ1v) is 9.90. The molecule has 0 unspecified atom stereocenters. The van der Waals surface area contributed by atoms with Crippen LogP contribution in [0, 0.1) is 0 Å². The Morgan fingerprint density at radius 3 is 2.55 bits per heavy atom. The number of carbonyl (C=O) groups excluding carboxylic acids is 1. The van der Waals surface area contributed by atoms with E-state index in [2.05, 4.69) is 15.3 Å². The van der Waals surface area contributed by atoms with Gasteiger partial charge in [-0.05, 0) is 42.7 Å². The van der Waals surface area contributed by atoms with Gasteiger partial charge >= 0.3 is 5.69 Å².